The summed E-state index contributed by atoms with van der Waals surface area (Å²) in [6.07, 6.45) is 5.31. The molecule has 144 valence electrons. The quantitative estimate of drug-likeness (QED) is 0.753. The van der Waals surface area contributed by atoms with Gasteiger partial charge in [-0.3, -0.25) is 14.5 Å². The number of carbonyl (C=O) groups excluding carboxylic acids is 2. The number of amides is 2. The Hall–Kier alpha value is -1.92. The fraction of sp³-hybridized carbons (Fsp3) is 0.619. The third-order valence-electron chi connectivity index (χ3n) is 7.15. The van der Waals surface area contributed by atoms with Gasteiger partial charge in [-0.15, -0.1) is 0 Å². The minimum atomic E-state index is -0.853. The van der Waals surface area contributed by atoms with Gasteiger partial charge in [0.15, 0.2) is 0 Å². The number of benzene rings is 1. The molecule has 1 aromatic rings. The summed E-state index contributed by atoms with van der Waals surface area (Å²) in [4.78, 5) is 28.7. The molecule has 1 spiro atoms. The van der Waals surface area contributed by atoms with Gasteiger partial charge in [0.25, 0.3) is 0 Å². The van der Waals surface area contributed by atoms with Gasteiger partial charge in [0.05, 0.1) is 12.0 Å². The molecule has 1 saturated carbocycles. The maximum atomic E-state index is 13.2. The summed E-state index contributed by atoms with van der Waals surface area (Å²) in [5.41, 5.74) is 0.951. The van der Waals surface area contributed by atoms with Crippen LogP contribution in [0.25, 0.3) is 0 Å². The lowest BCUT2D eigenvalue weighted by Gasteiger charge is -2.36. The lowest BCUT2D eigenvalue weighted by molar-refractivity contribution is -0.137. The molecular weight excluding hydrogens is 342 g/mol. The summed E-state index contributed by atoms with van der Waals surface area (Å²) in [7, 11) is 0. The van der Waals surface area contributed by atoms with Gasteiger partial charge < -0.3 is 15.7 Å². The van der Waals surface area contributed by atoms with Crippen molar-refractivity contribution < 1.29 is 14.7 Å². The van der Waals surface area contributed by atoms with E-state index in [0.29, 0.717) is 18.5 Å². The second-order valence-corrected chi connectivity index (χ2v) is 8.61. The van der Waals surface area contributed by atoms with Crippen molar-refractivity contribution in [1.82, 2.24) is 10.2 Å². The Balaban J connectivity index is 1.40. The van der Waals surface area contributed by atoms with Gasteiger partial charge in [0.2, 0.25) is 11.8 Å². The van der Waals surface area contributed by atoms with Crippen LogP contribution >= 0.6 is 0 Å². The third-order valence-corrected chi connectivity index (χ3v) is 7.15. The molecule has 0 unspecified atom stereocenters. The summed E-state index contributed by atoms with van der Waals surface area (Å²) in [5, 5.41) is 15.6. The molecular formula is C21H27N3O3. The first-order valence-electron chi connectivity index (χ1n) is 10.2. The van der Waals surface area contributed by atoms with E-state index in [0.717, 1.165) is 56.3 Å². The number of fused-ring (bicyclic) bond motifs is 4. The first-order valence-corrected chi connectivity index (χ1v) is 10.2. The van der Waals surface area contributed by atoms with Crippen LogP contribution in [0.1, 0.15) is 44.1 Å². The molecule has 0 bridgehead atoms. The Morgan fingerprint density at radius 1 is 1.30 bits per heavy atom. The number of nitrogens with one attached hydrogen (secondary N) is 2. The molecule has 3 aliphatic heterocycles. The van der Waals surface area contributed by atoms with Crippen LogP contribution in [0.4, 0.5) is 5.69 Å². The minimum absolute atomic E-state index is 0.00359. The summed E-state index contributed by atoms with van der Waals surface area (Å²) in [6, 6.07) is 8.13. The predicted molar refractivity (Wildman–Crippen MR) is 101 cm³/mol. The van der Waals surface area contributed by atoms with E-state index in [4.69, 9.17) is 0 Å². The molecule has 2 amide bonds. The van der Waals surface area contributed by atoms with E-state index < -0.39 is 5.54 Å². The number of para-hydroxylation sites is 1. The smallest absolute Gasteiger partial charge is 0.250 e. The highest BCUT2D eigenvalue weighted by molar-refractivity contribution is 6.09. The van der Waals surface area contributed by atoms with Crippen LogP contribution in [0, 0.1) is 11.8 Å². The van der Waals surface area contributed by atoms with Crippen molar-refractivity contribution in [3.05, 3.63) is 29.8 Å². The lowest BCUT2D eigenvalue weighted by Crippen LogP contribution is -2.54. The van der Waals surface area contributed by atoms with E-state index in [1.54, 1.807) is 0 Å². The van der Waals surface area contributed by atoms with E-state index in [-0.39, 0.29) is 23.8 Å². The number of aliphatic hydroxyl groups is 1. The van der Waals surface area contributed by atoms with Gasteiger partial charge in [-0.2, -0.15) is 0 Å². The van der Waals surface area contributed by atoms with Crippen molar-refractivity contribution in [2.75, 3.05) is 18.4 Å². The lowest BCUT2D eigenvalue weighted by atomic mass is 9.78. The summed E-state index contributed by atoms with van der Waals surface area (Å²) < 4.78 is 0. The molecule has 6 nitrogen and oxygen atoms in total. The number of aliphatic hydroxyl groups excluding tert-OH is 1. The highest BCUT2D eigenvalue weighted by Crippen LogP contribution is 2.55. The monoisotopic (exact) mass is 369 g/mol. The molecule has 0 radical (unpaired) electrons. The molecule has 27 heavy (non-hydrogen) atoms. The van der Waals surface area contributed by atoms with Gasteiger partial charge in [-0.25, -0.2) is 0 Å². The van der Waals surface area contributed by atoms with E-state index >= 15 is 0 Å². The molecule has 0 aromatic heterocycles. The second kappa shape index (κ2) is 6.31. The van der Waals surface area contributed by atoms with E-state index in [9.17, 15) is 14.7 Å². The van der Waals surface area contributed by atoms with Crippen LogP contribution in [0.2, 0.25) is 0 Å². The summed E-state index contributed by atoms with van der Waals surface area (Å²) >= 11 is 0. The van der Waals surface area contributed by atoms with E-state index in [1.165, 1.54) is 0 Å². The van der Waals surface area contributed by atoms with Gasteiger partial charge in [-0.1, -0.05) is 18.2 Å². The molecule has 3 N–H and O–H groups in total. The molecule has 1 aromatic carbocycles. The summed E-state index contributed by atoms with van der Waals surface area (Å²) in [6.45, 7) is 1.49. The van der Waals surface area contributed by atoms with E-state index in [2.05, 4.69) is 15.5 Å². The molecule has 3 heterocycles. The zero-order valence-corrected chi connectivity index (χ0v) is 15.5. The van der Waals surface area contributed by atoms with Crippen molar-refractivity contribution >= 4 is 17.5 Å². The summed E-state index contributed by atoms with van der Waals surface area (Å²) in [5.74, 6) is 0.112. The van der Waals surface area contributed by atoms with Crippen LogP contribution < -0.4 is 10.6 Å². The van der Waals surface area contributed by atoms with Crippen LogP contribution in [-0.2, 0) is 15.1 Å². The minimum Gasteiger partial charge on any atom is -0.393 e. The maximum absolute atomic E-state index is 13.2. The molecule has 6 heteroatoms. The average Bonchev–Trinajstić information content (AvgIpc) is 3.28. The molecule has 3 fully saturated rings. The first-order chi connectivity index (χ1) is 13.1. The Morgan fingerprint density at radius 2 is 2.11 bits per heavy atom. The standard InChI is InChI=1S/C21H27N3O3/c25-15-10-13(11-15)7-8-22-19(26)17-12-14-4-3-9-24(14)21(17)16-5-1-2-6-18(16)23-20(21)27/h1-2,5-6,13-15,17,25H,3-4,7-12H2,(H,22,26)(H,23,27)/t13?,14-,15?,17+,21+/m1/s1. The van der Waals surface area contributed by atoms with Crippen LogP contribution in [0.3, 0.4) is 0 Å². The van der Waals surface area contributed by atoms with Crippen molar-refractivity contribution in [1.29, 1.82) is 0 Å². The van der Waals surface area contributed by atoms with Crippen LogP contribution in [0.5, 0.6) is 0 Å². The van der Waals surface area contributed by atoms with E-state index in [1.807, 2.05) is 24.3 Å². The fourth-order valence-corrected chi connectivity index (χ4v) is 5.84. The zero-order chi connectivity index (χ0) is 18.6. The third kappa shape index (κ3) is 2.46. The number of hydrogen-bond donors (Lipinski definition) is 3. The zero-order valence-electron chi connectivity index (χ0n) is 15.5. The topological polar surface area (TPSA) is 81.7 Å². The molecule has 5 rings (SSSR count). The van der Waals surface area contributed by atoms with Gasteiger partial charge in [-0.05, 0) is 57.1 Å². The van der Waals surface area contributed by atoms with Crippen molar-refractivity contribution in [3.63, 3.8) is 0 Å². The Labute approximate surface area is 159 Å². The van der Waals surface area contributed by atoms with Crippen LogP contribution in [-0.4, -0.2) is 47.1 Å². The molecule has 4 aliphatic rings. The second-order valence-electron chi connectivity index (χ2n) is 8.61. The number of rotatable bonds is 4. The number of anilines is 1. The number of hydrogen-bond acceptors (Lipinski definition) is 4. The predicted octanol–water partition coefficient (Wildman–Crippen LogP) is 1.60. The first kappa shape index (κ1) is 17.2. The van der Waals surface area contributed by atoms with Crippen LogP contribution in [0.15, 0.2) is 24.3 Å². The van der Waals surface area contributed by atoms with Crippen molar-refractivity contribution in [2.24, 2.45) is 11.8 Å². The Morgan fingerprint density at radius 3 is 2.93 bits per heavy atom. The van der Waals surface area contributed by atoms with Gasteiger partial charge in [0.1, 0.15) is 5.54 Å². The van der Waals surface area contributed by atoms with Crippen molar-refractivity contribution in [3.8, 4) is 0 Å². The molecule has 2 saturated heterocycles. The average molecular weight is 369 g/mol. The fourth-order valence-electron chi connectivity index (χ4n) is 5.84. The SMILES string of the molecule is O=C(NCCC1CC(O)C1)[C@@H]1C[C@H]2CCCN2[C@]12C(=O)Nc1ccccc12. The Bertz CT molecular complexity index is 776. The molecule has 1 aliphatic carbocycles. The van der Waals surface area contributed by atoms with Gasteiger partial charge in [0, 0.05) is 23.8 Å². The molecule has 3 atom stereocenters. The highest BCUT2D eigenvalue weighted by Gasteiger charge is 2.65. The number of carbonyl (C=O) groups is 2. The van der Waals surface area contributed by atoms with Gasteiger partial charge >= 0.3 is 0 Å². The normalized spacial score (nSPS) is 37.0. The Kier molecular flexibility index (Phi) is 4.02. The number of nitrogens with zero attached hydrogens (tertiary/aromatic N) is 1. The van der Waals surface area contributed by atoms with Crippen molar-refractivity contribution in [2.45, 2.75) is 56.2 Å². The maximum Gasteiger partial charge on any atom is 0.250 e. The highest BCUT2D eigenvalue weighted by atomic mass is 16.3. The largest absolute Gasteiger partial charge is 0.393 e.